The predicted molar refractivity (Wildman–Crippen MR) is 129 cm³/mol. The zero-order valence-corrected chi connectivity index (χ0v) is 18.8. The van der Waals surface area contributed by atoms with Gasteiger partial charge in [0.15, 0.2) is 5.52 Å². The largest absolute Gasteiger partial charge is 0.397 e. The van der Waals surface area contributed by atoms with Crippen molar-refractivity contribution in [2.75, 3.05) is 17.7 Å². The van der Waals surface area contributed by atoms with Gasteiger partial charge in [0.25, 0.3) is 0 Å². The number of hydrogen-bond donors (Lipinski definition) is 5. The van der Waals surface area contributed by atoms with Crippen molar-refractivity contribution in [3.05, 3.63) is 64.2 Å². The van der Waals surface area contributed by atoms with Gasteiger partial charge in [-0.1, -0.05) is 24.3 Å². The highest BCUT2D eigenvalue weighted by Crippen LogP contribution is 2.34. The summed E-state index contributed by atoms with van der Waals surface area (Å²) in [6.45, 7) is 3.67. The topological polar surface area (TPSA) is 151 Å². The number of aryl methyl sites for hydroxylation is 2. The highest BCUT2D eigenvalue weighted by molar-refractivity contribution is 5.82. The summed E-state index contributed by atoms with van der Waals surface area (Å²) in [7, 11) is 0. The van der Waals surface area contributed by atoms with Crippen molar-refractivity contribution in [3.8, 4) is 11.1 Å². The van der Waals surface area contributed by atoms with E-state index in [0.717, 1.165) is 22.3 Å². The Labute approximate surface area is 195 Å². The van der Waals surface area contributed by atoms with E-state index in [1.165, 1.54) is 6.33 Å². The Balaban J connectivity index is 1.54. The lowest BCUT2D eigenvalue weighted by molar-refractivity contribution is -0.0432. The van der Waals surface area contributed by atoms with E-state index in [4.69, 9.17) is 10.5 Å². The maximum absolute atomic E-state index is 12.7. The first-order valence-corrected chi connectivity index (χ1v) is 11.0. The van der Waals surface area contributed by atoms with Gasteiger partial charge in [-0.15, -0.1) is 0 Å². The molecule has 176 valence electrons. The summed E-state index contributed by atoms with van der Waals surface area (Å²) in [5.74, 6) is 0.199. The molecule has 0 saturated carbocycles. The molecule has 0 bridgehead atoms. The Kier molecular flexibility index (Phi) is 5.56. The first-order chi connectivity index (χ1) is 16.4. The smallest absolute Gasteiger partial charge is 0.302 e. The fourth-order valence-electron chi connectivity index (χ4n) is 4.35. The van der Waals surface area contributed by atoms with Crippen LogP contribution >= 0.6 is 0 Å². The molecule has 10 nitrogen and oxygen atoms in total. The normalized spacial score (nSPS) is 20.2. The van der Waals surface area contributed by atoms with Crippen LogP contribution in [0.5, 0.6) is 0 Å². The van der Waals surface area contributed by atoms with Gasteiger partial charge < -0.3 is 31.0 Å². The quantitative estimate of drug-likeness (QED) is 0.284. The highest BCUT2D eigenvalue weighted by atomic mass is 16.5. The molecule has 1 aliphatic rings. The van der Waals surface area contributed by atoms with Crippen molar-refractivity contribution in [3.63, 3.8) is 0 Å². The summed E-state index contributed by atoms with van der Waals surface area (Å²) in [6.07, 6.45) is -0.373. The van der Waals surface area contributed by atoms with Crippen LogP contribution in [-0.4, -0.2) is 48.5 Å². The molecular formula is C24H26N6O4. The van der Waals surface area contributed by atoms with E-state index in [2.05, 4.69) is 20.3 Å². The minimum Gasteiger partial charge on any atom is -0.397 e. The Morgan fingerprint density at radius 3 is 2.79 bits per heavy atom. The van der Waals surface area contributed by atoms with E-state index in [1.807, 2.05) is 50.2 Å². The standard InChI is InChI=1S/C24H26N6O4/c1-12-5-3-4-6-15(12)14-7-13(2)20(25)16(8-14)27-24-28-22-21(23(33)29-24)26-11-30(22)19-9-17(32)18(10-31)34-19/h3-8,11,17-19,31-32H,9-10,25H2,1-2H3,(H2,27,28,29,33). The van der Waals surface area contributed by atoms with Gasteiger partial charge in [0, 0.05) is 6.42 Å². The number of anilines is 3. The lowest BCUT2D eigenvalue weighted by atomic mass is 9.97. The van der Waals surface area contributed by atoms with Gasteiger partial charge in [0.1, 0.15) is 18.0 Å². The van der Waals surface area contributed by atoms with Gasteiger partial charge in [-0.05, 0) is 48.2 Å². The van der Waals surface area contributed by atoms with Gasteiger partial charge in [0.05, 0.1) is 30.4 Å². The predicted octanol–water partition coefficient (Wildman–Crippen LogP) is 2.37. The zero-order valence-electron chi connectivity index (χ0n) is 18.8. The van der Waals surface area contributed by atoms with Gasteiger partial charge in [0.2, 0.25) is 5.95 Å². The number of imidazole rings is 1. The number of H-pyrrole nitrogens is 1. The van der Waals surface area contributed by atoms with Crippen LogP contribution in [0.2, 0.25) is 0 Å². The Bertz CT molecular complexity index is 1430. The van der Waals surface area contributed by atoms with E-state index in [-0.39, 0.29) is 24.5 Å². The monoisotopic (exact) mass is 462 g/mol. The molecule has 0 spiro atoms. The maximum atomic E-state index is 12.7. The molecule has 5 rings (SSSR count). The molecule has 1 saturated heterocycles. The molecule has 34 heavy (non-hydrogen) atoms. The van der Waals surface area contributed by atoms with Gasteiger partial charge >= 0.3 is 5.56 Å². The number of hydrogen-bond acceptors (Lipinski definition) is 8. The molecule has 2 aromatic heterocycles. The van der Waals surface area contributed by atoms with Crippen LogP contribution in [0, 0.1) is 13.8 Å². The molecule has 0 radical (unpaired) electrons. The van der Waals surface area contributed by atoms with Crippen LogP contribution < -0.4 is 16.6 Å². The molecule has 4 aromatic rings. The first kappa shape index (κ1) is 22.1. The zero-order chi connectivity index (χ0) is 24.0. The average Bonchev–Trinajstić information content (AvgIpc) is 3.40. The van der Waals surface area contributed by atoms with Crippen LogP contribution in [0.3, 0.4) is 0 Å². The number of aromatic nitrogens is 4. The van der Waals surface area contributed by atoms with Crippen LogP contribution in [0.25, 0.3) is 22.3 Å². The van der Waals surface area contributed by atoms with E-state index in [9.17, 15) is 15.0 Å². The molecule has 3 atom stereocenters. The number of rotatable bonds is 5. The third-order valence-corrected chi connectivity index (χ3v) is 6.24. The number of aliphatic hydroxyl groups excluding tert-OH is 2. The molecular weight excluding hydrogens is 436 g/mol. The maximum Gasteiger partial charge on any atom is 0.302 e. The summed E-state index contributed by atoms with van der Waals surface area (Å²) in [5.41, 5.74) is 11.6. The molecule has 6 N–H and O–H groups in total. The second-order valence-corrected chi connectivity index (χ2v) is 8.55. The Morgan fingerprint density at radius 2 is 2.06 bits per heavy atom. The van der Waals surface area contributed by atoms with Crippen molar-refractivity contribution in [2.45, 2.75) is 38.7 Å². The van der Waals surface area contributed by atoms with Crippen LogP contribution in [-0.2, 0) is 4.74 Å². The SMILES string of the molecule is Cc1ccccc1-c1cc(C)c(N)c(Nc2nc(=O)c3ncn(C4CC(O)C(CO)O4)c3[nH]2)c1. The van der Waals surface area contributed by atoms with Crippen molar-refractivity contribution >= 4 is 28.5 Å². The summed E-state index contributed by atoms with van der Waals surface area (Å²) >= 11 is 0. The van der Waals surface area contributed by atoms with Gasteiger partial charge in [-0.3, -0.25) is 9.36 Å². The molecule has 1 fully saturated rings. The highest BCUT2D eigenvalue weighted by Gasteiger charge is 2.35. The molecule has 10 heteroatoms. The molecule has 2 aromatic carbocycles. The van der Waals surface area contributed by atoms with Gasteiger partial charge in [-0.2, -0.15) is 4.98 Å². The fourth-order valence-corrected chi connectivity index (χ4v) is 4.35. The second kappa shape index (κ2) is 8.56. The number of ether oxygens (including phenoxy) is 1. The fraction of sp³-hybridized carbons (Fsp3) is 0.292. The third kappa shape index (κ3) is 3.81. The number of fused-ring (bicyclic) bond motifs is 1. The summed E-state index contributed by atoms with van der Waals surface area (Å²) in [6, 6.07) is 12.0. The van der Waals surface area contributed by atoms with Crippen molar-refractivity contribution < 1.29 is 14.9 Å². The summed E-state index contributed by atoms with van der Waals surface area (Å²) < 4.78 is 7.35. The number of aromatic amines is 1. The van der Waals surface area contributed by atoms with Gasteiger partial charge in [-0.25, -0.2) is 4.98 Å². The minimum absolute atomic E-state index is 0.147. The third-order valence-electron chi connectivity index (χ3n) is 6.24. The molecule has 1 aliphatic heterocycles. The average molecular weight is 463 g/mol. The van der Waals surface area contributed by atoms with Crippen LogP contribution in [0.15, 0.2) is 47.5 Å². The Morgan fingerprint density at radius 1 is 1.26 bits per heavy atom. The second-order valence-electron chi connectivity index (χ2n) is 8.55. The number of nitrogen functional groups attached to an aromatic ring is 1. The summed E-state index contributed by atoms with van der Waals surface area (Å²) in [4.78, 5) is 24.0. The Hall–Kier alpha value is -3.73. The molecule has 3 unspecified atom stereocenters. The van der Waals surface area contributed by atoms with Crippen molar-refractivity contribution in [1.29, 1.82) is 0 Å². The molecule has 0 amide bonds. The number of nitrogens with two attached hydrogens (primary N) is 1. The number of benzene rings is 2. The number of nitrogens with one attached hydrogen (secondary N) is 2. The van der Waals surface area contributed by atoms with E-state index in [0.29, 0.717) is 17.0 Å². The lowest BCUT2D eigenvalue weighted by Gasteiger charge is -2.16. The molecule has 0 aliphatic carbocycles. The first-order valence-electron chi connectivity index (χ1n) is 11.0. The van der Waals surface area contributed by atoms with E-state index < -0.39 is 24.0 Å². The number of nitrogens with zero attached hydrogens (tertiary/aromatic N) is 3. The molecule has 3 heterocycles. The number of aliphatic hydroxyl groups is 2. The summed E-state index contributed by atoms with van der Waals surface area (Å²) in [5, 5.41) is 22.6. The van der Waals surface area contributed by atoms with Crippen molar-refractivity contribution in [2.24, 2.45) is 0 Å². The van der Waals surface area contributed by atoms with Crippen molar-refractivity contribution in [1.82, 2.24) is 19.5 Å². The van der Waals surface area contributed by atoms with Crippen LogP contribution in [0.1, 0.15) is 23.8 Å². The van der Waals surface area contributed by atoms with Crippen LogP contribution in [0.4, 0.5) is 17.3 Å². The van der Waals surface area contributed by atoms with E-state index in [1.54, 1.807) is 4.57 Å². The van der Waals surface area contributed by atoms with E-state index >= 15 is 0 Å². The lowest BCUT2D eigenvalue weighted by Crippen LogP contribution is -2.24. The minimum atomic E-state index is -0.814.